The first kappa shape index (κ1) is 40.4. The number of carbonyl (C=O) groups is 4. The second-order valence-electron chi connectivity index (χ2n) is 14.1. The van der Waals surface area contributed by atoms with E-state index in [0.29, 0.717) is 69.2 Å². The molecule has 5 heterocycles. The zero-order valence-electron chi connectivity index (χ0n) is 31.9. The molecule has 0 saturated carbocycles. The molecule has 2 N–H and O–H groups in total. The van der Waals surface area contributed by atoms with E-state index in [1.165, 1.54) is 28.4 Å². The van der Waals surface area contributed by atoms with Crippen molar-refractivity contribution < 1.29 is 38.1 Å². The van der Waals surface area contributed by atoms with Crippen molar-refractivity contribution in [3.8, 4) is 0 Å². The van der Waals surface area contributed by atoms with Gasteiger partial charge in [-0.2, -0.15) is 0 Å². The molecule has 0 fully saturated rings. The van der Waals surface area contributed by atoms with Crippen molar-refractivity contribution >= 4 is 80.1 Å². The number of thiocarbonyl (C=S) groups is 2. The number of carbonyl (C=O) groups excluding carboxylic acids is 4. The van der Waals surface area contributed by atoms with E-state index in [-0.39, 0.29) is 49.6 Å². The number of nitrogens with one attached hydrogen (secondary N) is 2. The molecule has 0 unspecified atom stereocenters. The standard InChI is InChI=1S/C40H46N4O8S2/c1-21-23(9-11-33(45)49-5)27-17-29-37(53)40(4,16-14-36(48)52-8)32(44-29)20-26-22(2)24(10-12-34(46)50-6)28(42-26)18-30-38(54)39(3,15-13-35(47)51-7)31(43-30)19-25(21)41-27/h17-20,41-42H,9-16H2,1-8H3/t39-,40-/m0/s1. The zero-order valence-corrected chi connectivity index (χ0v) is 33.6. The van der Waals surface area contributed by atoms with Gasteiger partial charge in [0, 0.05) is 58.6 Å². The molecule has 14 heteroatoms. The molecule has 2 aliphatic heterocycles. The molecule has 12 nitrogen and oxygen atoms in total. The fourth-order valence-corrected chi connectivity index (χ4v) is 7.74. The van der Waals surface area contributed by atoms with Gasteiger partial charge in [0.25, 0.3) is 0 Å². The molecule has 2 atom stereocenters. The summed E-state index contributed by atoms with van der Waals surface area (Å²) < 4.78 is 19.9. The van der Waals surface area contributed by atoms with Gasteiger partial charge in [-0.1, -0.05) is 24.4 Å². The largest absolute Gasteiger partial charge is 0.469 e. The first-order valence-electron chi connectivity index (χ1n) is 17.7. The lowest BCUT2D eigenvalue weighted by Gasteiger charge is -2.23. The summed E-state index contributed by atoms with van der Waals surface area (Å²) in [5.41, 5.74) is 7.19. The Kier molecular flexibility index (Phi) is 12.2. The molecule has 2 aliphatic rings. The molecule has 0 aliphatic carbocycles. The summed E-state index contributed by atoms with van der Waals surface area (Å²) in [6.07, 6.45) is 2.00. The van der Waals surface area contributed by atoms with E-state index < -0.39 is 10.8 Å². The van der Waals surface area contributed by atoms with Crippen LogP contribution in [0.25, 0.3) is 22.1 Å². The number of hydrogen-bond donors (Lipinski definition) is 2. The fraction of sp³-hybridized carbons (Fsp3) is 0.450. The van der Waals surface area contributed by atoms with Gasteiger partial charge in [-0.25, -0.2) is 0 Å². The van der Waals surface area contributed by atoms with Crippen LogP contribution in [-0.2, 0) is 61.8 Å². The molecule has 54 heavy (non-hydrogen) atoms. The van der Waals surface area contributed by atoms with Gasteiger partial charge < -0.3 is 28.9 Å². The predicted octanol–water partition coefficient (Wildman–Crippen LogP) is 6.40. The number of esters is 4. The minimum atomic E-state index is -0.818. The minimum Gasteiger partial charge on any atom is -0.469 e. The highest BCUT2D eigenvalue weighted by Crippen LogP contribution is 2.40. The van der Waals surface area contributed by atoms with Gasteiger partial charge in [-0.15, -0.1) is 0 Å². The van der Waals surface area contributed by atoms with Gasteiger partial charge in [-0.05, 0) is 99.9 Å². The SMILES string of the molecule is COC(=O)CCc1c(C)c2cc3nc(cc4[nH]c(cc5nc(cc1[nH]2)C(=S)[C@@]5(C)CCC(=O)OC)c(C)c4CCC(=O)OC)C(=S)[C@@]3(C)CCC(=O)OC. The average Bonchev–Trinajstić information content (AvgIpc) is 3.78. The Morgan fingerprint density at radius 2 is 0.907 bits per heavy atom. The number of rotatable bonds is 12. The Hall–Kier alpha value is -4.82. The van der Waals surface area contributed by atoms with Crippen LogP contribution in [0.1, 0.15) is 97.4 Å². The van der Waals surface area contributed by atoms with Crippen LogP contribution in [0, 0.1) is 13.8 Å². The second kappa shape index (κ2) is 16.3. The fourth-order valence-electron chi connectivity index (χ4n) is 7.12. The summed E-state index contributed by atoms with van der Waals surface area (Å²) in [5.74, 6) is -1.41. The third-order valence-electron chi connectivity index (χ3n) is 10.8. The normalized spacial score (nSPS) is 18.0. The summed E-state index contributed by atoms with van der Waals surface area (Å²) in [7, 11) is 5.43. The minimum absolute atomic E-state index is 0.121. The van der Waals surface area contributed by atoms with Crippen molar-refractivity contribution in [1.82, 2.24) is 19.9 Å². The lowest BCUT2D eigenvalue weighted by atomic mass is 9.79. The highest BCUT2D eigenvalue weighted by atomic mass is 32.1. The zero-order chi connectivity index (χ0) is 39.5. The first-order chi connectivity index (χ1) is 25.6. The number of fused-ring (bicyclic) bond motifs is 8. The molecule has 5 rings (SSSR count). The van der Waals surface area contributed by atoms with Gasteiger partial charge in [-0.3, -0.25) is 29.1 Å². The number of methoxy groups -OCH3 is 4. The van der Waals surface area contributed by atoms with Crippen LogP contribution in [0.5, 0.6) is 0 Å². The van der Waals surface area contributed by atoms with Crippen LogP contribution in [0.15, 0.2) is 24.3 Å². The monoisotopic (exact) mass is 774 g/mol. The number of hydrogen-bond acceptors (Lipinski definition) is 12. The number of aromatic nitrogens is 4. The Bertz CT molecular complexity index is 2070. The Balaban J connectivity index is 1.90. The van der Waals surface area contributed by atoms with Gasteiger partial charge in [0.15, 0.2) is 0 Å². The van der Waals surface area contributed by atoms with Gasteiger partial charge in [0.2, 0.25) is 0 Å². The number of ether oxygens (including phenoxy) is 4. The van der Waals surface area contributed by atoms with Crippen molar-refractivity contribution in [1.29, 1.82) is 0 Å². The maximum atomic E-state index is 12.4. The average molecular weight is 775 g/mol. The number of H-pyrrole nitrogens is 2. The van der Waals surface area contributed by atoms with E-state index in [1.807, 2.05) is 52.0 Å². The van der Waals surface area contributed by atoms with Crippen LogP contribution >= 0.6 is 24.4 Å². The van der Waals surface area contributed by atoms with Crippen molar-refractivity contribution in [3.05, 3.63) is 69.3 Å². The molecular weight excluding hydrogens is 729 g/mol. The van der Waals surface area contributed by atoms with Gasteiger partial charge in [0.1, 0.15) is 0 Å². The maximum Gasteiger partial charge on any atom is 0.305 e. The van der Waals surface area contributed by atoms with Crippen LogP contribution in [-0.4, -0.2) is 82.0 Å². The molecule has 286 valence electrons. The van der Waals surface area contributed by atoms with Gasteiger partial charge >= 0.3 is 23.9 Å². The molecule has 0 saturated heterocycles. The summed E-state index contributed by atoms with van der Waals surface area (Å²) in [6.45, 7) is 7.88. The summed E-state index contributed by atoms with van der Waals surface area (Å²) >= 11 is 12.3. The Morgan fingerprint density at radius 3 is 1.24 bits per heavy atom. The van der Waals surface area contributed by atoms with E-state index in [1.54, 1.807) is 0 Å². The van der Waals surface area contributed by atoms with E-state index >= 15 is 0 Å². The first-order valence-corrected chi connectivity index (χ1v) is 18.5. The van der Waals surface area contributed by atoms with Crippen molar-refractivity contribution in [2.75, 3.05) is 28.4 Å². The smallest absolute Gasteiger partial charge is 0.305 e. The summed E-state index contributed by atoms with van der Waals surface area (Å²) in [4.78, 5) is 67.9. The Labute approximate surface area is 324 Å². The molecule has 3 aromatic heterocycles. The molecule has 0 radical (unpaired) electrons. The van der Waals surface area contributed by atoms with Crippen LogP contribution in [0.3, 0.4) is 0 Å². The highest BCUT2D eigenvalue weighted by molar-refractivity contribution is 7.81. The second-order valence-corrected chi connectivity index (χ2v) is 14.9. The number of aryl methyl sites for hydroxylation is 4. The third-order valence-corrected chi connectivity index (χ3v) is 12.2. The van der Waals surface area contributed by atoms with Crippen molar-refractivity contribution in [3.63, 3.8) is 0 Å². The molecule has 0 spiro atoms. The predicted molar refractivity (Wildman–Crippen MR) is 212 cm³/mol. The highest BCUT2D eigenvalue weighted by Gasteiger charge is 2.41. The van der Waals surface area contributed by atoms with E-state index in [2.05, 4.69) is 9.97 Å². The lowest BCUT2D eigenvalue weighted by molar-refractivity contribution is -0.141. The third kappa shape index (κ3) is 7.85. The van der Waals surface area contributed by atoms with Crippen LogP contribution < -0.4 is 0 Å². The van der Waals surface area contributed by atoms with Crippen molar-refractivity contribution in [2.24, 2.45) is 0 Å². The summed E-state index contributed by atoms with van der Waals surface area (Å²) in [5, 5.41) is 0. The maximum absolute atomic E-state index is 12.4. The molecule has 0 aromatic carbocycles. The van der Waals surface area contributed by atoms with Crippen molar-refractivity contribution in [2.45, 2.75) is 89.9 Å². The number of nitrogens with zero attached hydrogens (tertiary/aromatic N) is 2. The van der Waals surface area contributed by atoms with E-state index in [0.717, 1.165) is 33.3 Å². The van der Waals surface area contributed by atoms with Crippen LogP contribution in [0.4, 0.5) is 0 Å². The quantitative estimate of drug-likeness (QED) is 0.119. The van der Waals surface area contributed by atoms with Crippen LogP contribution in [0.2, 0.25) is 0 Å². The van der Waals surface area contributed by atoms with Gasteiger partial charge in [0.05, 0.1) is 60.9 Å². The van der Waals surface area contributed by atoms with E-state index in [4.69, 9.17) is 53.4 Å². The van der Waals surface area contributed by atoms with E-state index in [9.17, 15) is 19.2 Å². The Morgan fingerprint density at radius 1 is 0.574 bits per heavy atom. The molecule has 0 amide bonds. The number of aromatic amines is 2. The lowest BCUT2D eigenvalue weighted by Crippen LogP contribution is -2.28. The molecule has 3 aromatic rings. The summed E-state index contributed by atoms with van der Waals surface area (Å²) in [6, 6.07) is 7.66. The topological polar surface area (TPSA) is 163 Å². The molecular formula is C40H46N4O8S2. The molecule has 8 bridgehead atoms.